The largest absolute Gasteiger partial charge is 0.308 e. The van der Waals surface area contributed by atoms with Crippen molar-refractivity contribution in [2.75, 3.05) is 19.6 Å². The van der Waals surface area contributed by atoms with Crippen LogP contribution in [0, 0.1) is 5.41 Å². The molecule has 0 radical (unpaired) electrons. The molecule has 0 aromatic rings. The van der Waals surface area contributed by atoms with E-state index in [9.17, 15) is 0 Å². The molecule has 1 N–H and O–H groups in total. The Labute approximate surface area is 120 Å². The van der Waals surface area contributed by atoms with Crippen LogP contribution < -0.4 is 5.32 Å². The zero-order valence-corrected chi connectivity index (χ0v) is 13.6. The molecule has 1 heterocycles. The normalized spacial score (nSPS) is 31.3. The van der Waals surface area contributed by atoms with E-state index < -0.39 is 0 Å². The van der Waals surface area contributed by atoms with Crippen LogP contribution in [0.5, 0.6) is 0 Å². The monoisotopic (exact) mass is 266 g/mol. The summed E-state index contributed by atoms with van der Waals surface area (Å²) in [6, 6.07) is 0.699. The molecule has 0 amide bonds. The van der Waals surface area contributed by atoms with Gasteiger partial charge in [-0.15, -0.1) is 0 Å². The Kier molecular flexibility index (Phi) is 4.94. The van der Waals surface area contributed by atoms with Crippen LogP contribution in [-0.2, 0) is 0 Å². The SMILES string of the molecule is CCC1(CC)CN(CC2(C)CCCCC2)C(C)CN1. The Morgan fingerprint density at radius 2 is 1.74 bits per heavy atom. The van der Waals surface area contributed by atoms with Crippen LogP contribution in [0.1, 0.15) is 72.6 Å². The average molecular weight is 266 g/mol. The van der Waals surface area contributed by atoms with E-state index in [1.165, 1.54) is 58.0 Å². The highest BCUT2D eigenvalue weighted by Gasteiger charge is 2.38. The number of nitrogens with zero attached hydrogens (tertiary/aromatic N) is 1. The maximum absolute atomic E-state index is 3.82. The Bertz CT molecular complexity index is 277. The van der Waals surface area contributed by atoms with Gasteiger partial charge in [0.2, 0.25) is 0 Å². The molecule has 0 spiro atoms. The van der Waals surface area contributed by atoms with Gasteiger partial charge in [-0.25, -0.2) is 0 Å². The molecule has 0 aromatic heterocycles. The van der Waals surface area contributed by atoms with E-state index in [0.717, 1.165) is 6.54 Å². The van der Waals surface area contributed by atoms with Crippen LogP contribution >= 0.6 is 0 Å². The van der Waals surface area contributed by atoms with Crippen LogP contribution in [0.2, 0.25) is 0 Å². The van der Waals surface area contributed by atoms with Crippen LogP contribution in [0.4, 0.5) is 0 Å². The number of piperazine rings is 1. The Morgan fingerprint density at radius 1 is 1.11 bits per heavy atom. The molecule has 2 aliphatic rings. The minimum atomic E-state index is 0.373. The van der Waals surface area contributed by atoms with Gasteiger partial charge in [-0.3, -0.25) is 4.90 Å². The van der Waals surface area contributed by atoms with E-state index in [1.807, 2.05) is 0 Å². The lowest BCUT2D eigenvalue weighted by Crippen LogP contribution is -2.64. The van der Waals surface area contributed by atoms with Gasteiger partial charge in [-0.05, 0) is 38.0 Å². The van der Waals surface area contributed by atoms with E-state index in [0.29, 0.717) is 17.0 Å². The first kappa shape index (κ1) is 15.3. The second-order valence-electron chi connectivity index (χ2n) is 7.49. The number of hydrogen-bond donors (Lipinski definition) is 1. The minimum absolute atomic E-state index is 0.373. The van der Waals surface area contributed by atoms with Gasteiger partial charge in [0, 0.05) is 31.2 Å². The third kappa shape index (κ3) is 3.52. The third-order valence-corrected chi connectivity index (χ3v) is 5.90. The van der Waals surface area contributed by atoms with Crippen molar-refractivity contribution in [3.63, 3.8) is 0 Å². The van der Waals surface area contributed by atoms with Crippen LogP contribution in [0.25, 0.3) is 0 Å². The first-order chi connectivity index (χ1) is 9.02. The van der Waals surface area contributed by atoms with Crippen LogP contribution in [0.15, 0.2) is 0 Å². The molecule has 19 heavy (non-hydrogen) atoms. The Balaban J connectivity index is 2.00. The lowest BCUT2D eigenvalue weighted by molar-refractivity contribution is 0.0319. The van der Waals surface area contributed by atoms with E-state index in [4.69, 9.17) is 0 Å². The second kappa shape index (κ2) is 6.13. The summed E-state index contributed by atoms with van der Waals surface area (Å²) in [7, 11) is 0. The van der Waals surface area contributed by atoms with Crippen molar-refractivity contribution in [3.05, 3.63) is 0 Å². The van der Waals surface area contributed by atoms with E-state index >= 15 is 0 Å². The molecule has 1 saturated carbocycles. The highest BCUT2D eigenvalue weighted by molar-refractivity contribution is 4.97. The van der Waals surface area contributed by atoms with Crippen molar-refractivity contribution in [2.24, 2.45) is 5.41 Å². The van der Waals surface area contributed by atoms with Gasteiger partial charge in [-0.1, -0.05) is 40.0 Å². The predicted octanol–water partition coefficient (Wildman–Crippen LogP) is 3.81. The summed E-state index contributed by atoms with van der Waals surface area (Å²) < 4.78 is 0. The van der Waals surface area contributed by atoms with Crippen molar-refractivity contribution in [3.8, 4) is 0 Å². The summed E-state index contributed by atoms with van der Waals surface area (Å²) in [5, 5.41) is 3.82. The first-order valence-corrected chi connectivity index (χ1v) is 8.52. The fourth-order valence-electron chi connectivity index (χ4n) is 4.08. The molecule has 0 bridgehead atoms. The average Bonchev–Trinajstić information content (AvgIpc) is 2.42. The van der Waals surface area contributed by atoms with E-state index in [-0.39, 0.29) is 0 Å². The summed E-state index contributed by atoms with van der Waals surface area (Å²) in [6.07, 6.45) is 9.74. The van der Waals surface area contributed by atoms with Crippen molar-refractivity contribution in [1.82, 2.24) is 10.2 Å². The molecule has 112 valence electrons. The lowest BCUT2D eigenvalue weighted by atomic mass is 9.74. The third-order valence-electron chi connectivity index (χ3n) is 5.90. The van der Waals surface area contributed by atoms with Crippen molar-refractivity contribution >= 4 is 0 Å². The molecule has 2 nitrogen and oxygen atoms in total. The molecule has 1 unspecified atom stereocenters. The zero-order chi connectivity index (χ0) is 13.9. The summed E-state index contributed by atoms with van der Waals surface area (Å²) in [5.41, 5.74) is 0.953. The smallest absolute Gasteiger partial charge is 0.0304 e. The highest BCUT2D eigenvalue weighted by Crippen LogP contribution is 2.37. The maximum atomic E-state index is 3.82. The van der Waals surface area contributed by atoms with Gasteiger partial charge in [0.1, 0.15) is 0 Å². The standard InChI is InChI=1S/C17H34N2/c1-5-17(6-2)14-19(15(3)12-18-17)13-16(4)10-8-7-9-11-16/h15,18H,5-14H2,1-4H3. The van der Waals surface area contributed by atoms with Gasteiger partial charge in [0.05, 0.1) is 0 Å². The molecule has 2 rings (SSSR count). The fraction of sp³-hybridized carbons (Fsp3) is 1.00. The predicted molar refractivity (Wildman–Crippen MR) is 83.5 cm³/mol. The van der Waals surface area contributed by atoms with Gasteiger partial charge >= 0.3 is 0 Å². The number of hydrogen-bond acceptors (Lipinski definition) is 2. The van der Waals surface area contributed by atoms with Gasteiger partial charge < -0.3 is 5.32 Å². The quantitative estimate of drug-likeness (QED) is 0.832. The molecule has 0 aromatic carbocycles. The van der Waals surface area contributed by atoms with Crippen LogP contribution in [0.3, 0.4) is 0 Å². The summed E-state index contributed by atoms with van der Waals surface area (Å²) in [5.74, 6) is 0. The van der Waals surface area contributed by atoms with Crippen molar-refractivity contribution < 1.29 is 0 Å². The van der Waals surface area contributed by atoms with Crippen LogP contribution in [-0.4, -0.2) is 36.1 Å². The molecule has 1 saturated heterocycles. The molecule has 1 aliphatic heterocycles. The molecular formula is C17H34N2. The zero-order valence-electron chi connectivity index (χ0n) is 13.6. The van der Waals surface area contributed by atoms with Crippen molar-refractivity contribution in [2.45, 2.75) is 84.2 Å². The number of rotatable bonds is 4. The van der Waals surface area contributed by atoms with Gasteiger partial charge in [-0.2, -0.15) is 0 Å². The summed E-state index contributed by atoms with van der Waals surface area (Å²) >= 11 is 0. The first-order valence-electron chi connectivity index (χ1n) is 8.52. The molecule has 2 heteroatoms. The Hall–Kier alpha value is -0.0800. The minimum Gasteiger partial charge on any atom is -0.308 e. The summed E-state index contributed by atoms with van der Waals surface area (Å²) in [4.78, 5) is 2.79. The fourth-order valence-corrected chi connectivity index (χ4v) is 4.08. The molecule has 1 atom stereocenters. The van der Waals surface area contributed by atoms with E-state index in [1.54, 1.807) is 0 Å². The Morgan fingerprint density at radius 3 is 2.32 bits per heavy atom. The topological polar surface area (TPSA) is 15.3 Å². The van der Waals surface area contributed by atoms with Gasteiger partial charge in [0.15, 0.2) is 0 Å². The van der Waals surface area contributed by atoms with Crippen molar-refractivity contribution in [1.29, 1.82) is 0 Å². The molecular weight excluding hydrogens is 232 g/mol. The lowest BCUT2D eigenvalue weighted by Gasteiger charge is -2.50. The second-order valence-corrected chi connectivity index (χ2v) is 7.49. The molecule has 2 fully saturated rings. The maximum Gasteiger partial charge on any atom is 0.0304 e. The van der Waals surface area contributed by atoms with Gasteiger partial charge in [0.25, 0.3) is 0 Å². The number of nitrogens with one attached hydrogen (secondary N) is 1. The highest BCUT2D eigenvalue weighted by atomic mass is 15.3. The van der Waals surface area contributed by atoms with E-state index in [2.05, 4.69) is 37.9 Å². The summed E-state index contributed by atoms with van der Waals surface area (Å²) in [6.45, 7) is 13.3. The molecule has 1 aliphatic carbocycles.